The summed E-state index contributed by atoms with van der Waals surface area (Å²) < 4.78 is 4.97. The first-order valence-corrected chi connectivity index (χ1v) is 5.90. The number of hydrogen-bond acceptors (Lipinski definition) is 4. The zero-order valence-electron chi connectivity index (χ0n) is 11.2. The highest BCUT2D eigenvalue weighted by Crippen LogP contribution is 2.20. The molecule has 0 atom stereocenters. The molecule has 100 valence electrons. The molecule has 1 aromatic carbocycles. The first-order chi connectivity index (χ1) is 8.56. The molecule has 0 unspecified atom stereocenters. The van der Waals surface area contributed by atoms with Gasteiger partial charge in [0.2, 0.25) is 0 Å². The molecule has 1 amide bonds. The predicted molar refractivity (Wildman–Crippen MR) is 73.9 cm³/mol. The number of amides is 1. The summed E-state index contributed by atoms with van der Waals surface area (Å²) in [5.41, 5.74) is 7.92. The Bertz CT molecular complexity index is 405. The molecule has 0 aliphatic rings. The lowest BCUT2D eigenvalue weighted by molar-refractivity contribution is 0.0827. The Kier molecular flexibility index (Phi) is 5.45. The second-order valence-electron chi connectivity index (χ2n) is 4.27. The van der Waals surface area contributed by atoms with E-state index < -0.39 is 0 Å². The number of anilines is 2. The third kappa shape index (κ3) is 3.92. The summed E-state index contributed by atoms with van der Waals surface area (Å²) >= 11 is 0. The first kappa shape index (κ1) is 14.3. The maximum absolute atomic E-state index is 11.8. The van der Waals surface area contributed by atoms with Crippen molar-refractivity contribution in [3.8, 4) is 0 Å². The van der Waals surface area contributed by atoms with E-state index in [0.717, 1.165) is 18.7 Å². The van der Waals surface area contributed by atoms with Crippen LogP contribution in [0.1, 0.15) is 16.8 Å². The summed E-state index contributed by atoms with van der Waals surface area (Å²) in [5, 5.41) is 3.21. The molecular weight excluding hydrogens is 230 g/mol. The van der Waals surface area contributed by atoms with Gasteiger partial charge in [-0.05, 0) is 24.6 Å². The fourth-order valence-corrected chi connectivity index (χ4v) is 1.54. The lowest BCUT2D eigenvalue weighted by atomic mass is 10.1. The van der Waals surface area contributed by atoms with E-state index >= 15 is 0 Å². The summed E-state index contributed by atoms with van der Waals surface area (Å²) in [4.78, 5) is 13.4. The third-order valence-electron chi connectivity index (χ3n) is 2.55. The number of rotatable bonds is 6. The van der Waals surface area contributed by atoms with Gasteiger partial charge < -0.3 is 20.7 Å². The standard InChI is InChI=1S/C13H21N3O2/c1-16(2)13(17)10-5-6-11(14)12(9-10)15-7-4-8-18-3/h5-6,9,15H,4,7-8,14H2,1-3H3. The molecule has 3 N–H and O–H groups in total. The Morgan fingerprint density at radius 1 is 1.44 bits per heavy atom. The lowest BCUT2D eigenvalue weighted by Gasteiger charge is -2.13. The molecule has 5 heteroatoms. The molecule has 0 heterocycles. The van der Waals surface area contributed by atoms with Crippen molar-refractivity contribution in [3.63, 3.8) is 0 Å². The van der Waals surface area contributed by atoms with Crippen LogP contribution in [-0.4, -0.2) is 45.2 Å². The largest absolute Gasteiger partial charge is 0.397 e. The van der Waals surface area contributed by atoms with Crippen LogP contribution >= 0.6 is 0 Å². The molecule has 0 fully saturated rings. The van der Waals surface area contributed by atoms with Gasteiger partial charge in [-0.2, -0.15) is 0 Å². The minimum atomic E-state index is -0.0325. The van der Waals surface area contributed by atoms with Crippen LogP contribution in [0.15, 0.2) is 18.2 Å². The number of carbonyl (C=O) groups is 1. The summed E-state index contributed by atoms with van der Waals surface area (Å²) in [6.45, 7) is 1.46. The van der Waals surface area contributed by atoms with Gasteiger partial charge >= 0.3 is 0 Å². The number of hydrogen-bond donors (Lipinski definition) is 2. The predicted octanol–water partition coefficient (Wildman–Crippen LogP) is 1.42. The highest BCUT2D eigenvalue weighted by Gasteiger charge is 2.09. The fraction of sp³-hybridized carbons (Fsp3) is 0.462. The maximum Gasteiger partial charge on any atom is 0.253 e. The molecule has 0 saturated heterocycles. The number of nitrogen functional groups attached to an aromatic ring is 1. The second-order valence-corrected chi connectivity index (χ2v) is 4.27. The van der Waals surface area contributed by atoms with E-state index in [4.69, 9.17) is 10.5 Å². The molecule has 0 aliphatic heterocycles. The normalized spacial score (nSPS) is 10.2. The number of nitrogens with one attached hydrogen (secondary N) is 1. The van der Waals surface area contributed by atoms with Gasteiger partial charge in [0.1, 0.15) is 0 Å². The van der Waals surface area contributed by atoms with Crippen molar-refractivity contribution in [2.75, 3.05) is 45.4 Å². The first-order valence-electron chi connectivity index (χ1n) is 5.90. The van der Waals surface area contributed by atoms with Crippen LogP contribution in [0, 0.1) is 0 Å². The van der Waals surface area contributed by atoms with Crippen LogP contribution < -0.4 is 11.1 Å². The quantitative estimate of drug-likeness (QED) is 0.592. The van der Waals surface area contributed by atoms with Gasteiger partial charge in [-0.1, -0.05) is 0 Å². The van der Waals surface area contributed by atoms with E-state index in [2.05, 4.69) is 5.32 Å². The zero-order valence-corrected chi connectivity index (χ0v) is 11.2. The third-order valence-corrected chi connectivity index (χ3v) is 2.55. The van der Waals surface area contributed by atoms with E-state index in [9.17, 15) is 4.79 Å². The van der Waals surface area contributed by atoms with E-state index in [1.807, 2.05) is 0 Å². The van der Waals surface area contributed by atoms with Gasteiger partial charge in [-0.3, -0.25) is 4.79 Å². The molecule has 5 nitrogen and oxygen atoms in total. The average molecular weight is 251 g/mol. The number of ether oxygens (including phenoxy) is 1. The summed E-state index contributed by atoms with van der Waals surface area (Å²) in [7, 11) is 5.12. The van der Waals surface area contributed by atoms with Gasteiger partial charge in [0, 0.05) is 39.9 Å². The molecule has 1 aromatic rings. The fourth-order valence-electron chi connectivity index (χ4n) is 1.54. The molecule has 0 aromatic heterocycles. The van der Waals surface area contributed by atoms with E-state index in [1.165, 1.54) is 0 Å². The number of nitrogens with two attached hydrogens (primary N) is 1. The lowest BCUT2D eigenvalue weighted by Crippen LogP contribution is -2.21. The van der Waals surface area contributed by atoms with Crippen LogP contribution in [0.5, 0.6) is 0 Å². The molecule has 0 radical (unpaired) electrons. The van der Waals surface area contributed by atoms with Crippen molar-refractivity contribution in [1.29, 1.82) is 0 Å². The van der Waals surface area contributed by atoms with Crippen LogP contribution in [0.25, 0.3) is 0 Å². The molecular formula is C13H21N3O2. The van der Waals surface area contributed by atoms with Crippen molar-refractivity contribution in [2.45, 2.75) is 6.42 Å². The van der Waals surface area contributed by atoms with Crippen LogP contribution in [-0.2, 0) is 4.74 Å². The Morgan fingerprint density at radius 2 is 2.17 bits per heavy atom. The molecule has 18 heavy (non-hydrogen) atoms. The summed E-state index contributed by atoms with van der Waals surface area (Å²) in [5.74, 6) is -0.0325. The Balaban J connectivity index is 2.72. The van der Waals surface area contributed by atoms with Crippen LogP contribution in [0.2, 0.25) is 0 Å². The highest BCUT2D eigenvalue weighted by molar-refractivity contribution is 5.95. The summed E-state index contributed by atoms with van der Waals surface area (Å²) in [6, 6.07) is 5.26. The van der Waals surface area contributed by atoms with Crippen LogP contribution in [0.4, 0.5) is 11.4 Å². The van der Waals surface area contributed by atoms with Gasteiger partial charge in [0.15, 0.2) is 0 Å². The van der Waals surface area contributed by atoms with Crippen molar-refractivity contribution < 1.29 is 9.53 Å². The monoisotopic (exact) mass is 251 g/mol. The molecule has 0 bridgehead atoms. The molecule has 0 aliphatic carbocycles. The minimum Gasteiger partial charge on any atom is -0.397 e. The van der Waals surface area contributed by atoms with Crippen molar-refractivity contribution in [3.05, 3.63) is 23.8 Å². The van der Waals surface area contributed by atoms with Gasteiger partial charge in [0.25, 0.3) is 5.91 Å². The van der Waals surface area contributed by atoms with Gasteiger partial charge in [-0.15, -0.1) is 0 Å². The number of carbonyl (C=O) groups excluding carboxylic acids is 1. The highest BCUT2D eigenvalue weighted by atomic mass is 16.5. The zero-order chi connectivity index (χ0) is 13.5. The summed E-state index contributed by atoms with van der Waals surface area (Å²) in [6.07, 6.45) is 0.891. The van der Waals surface area contributed by atoms with E-state index in [-0.39, 0.29) is 5.91 Å². The Labute approximate surface area is 108 Å². The Morgan fingerprint density at radius 3 is 2.78 bits per heavy atom. The molecule has 1 rings (SSSR count). The smallest absolute Gasteiger partial charge is 0.253 e. The molecule has 0 spiro atoms. The maximum atomic E-state index is 11.8. The second kappa shape index (κ2) is 6.86. The topological polar surface area (TPSA) is 67.6 Å². The SMILES string of the molecule is COCCCNc1cc(C(=O)N(C)C)ccc1N. The Hall–Kier alpha value is -1.75. The van der Waals surface area contributed by atoms with Crippen molar-refractivity contribution in [1.82, 2.24) is 4.90 Å². The molecule has 0 saturated carbocycles. The minimum absolute atomic E-state index is 0.0325. The van der Waals surface area contributed by atoms with E-state index in [1.54, 1.807) is 44.3 Å². The van der Waals surface area contributed by atoms with Gasteiger partial charge in [0.05, 0.1) is 11.4 Å². The average Bonchev–Trinajstić information content (AvgIpc) is 2.35. The number of benzene rings is 1. The van der Waals surface area contributed by atoms with Gasteiger partial charge in [-0.25, -0.2) is 0 Å². The van der Waals surface area contributed by atoms with Crippen LogP contribution in [0.3, 0.4) is 0 Å². The number of nitrogens with zero attached hydrogens (tertiary/aromatic N) is 1. The van der Waals surface area contributed by atoms with Crippen molar-refractivity contribution in [2.24, 2.45) is 0 Å². The van der Waals surface area contributed by atoms with Crippen molar-refractivity contribution >= 4 is 17.3 Å². The van der Waals surface area contributed by atoms with E-state index in [0.29, 0.717) is 17.9 Å². The number of methoxy groups -OCH3 is 1.